The Balaban J connectivity index is 1.82. The van der Waals surface area contributed by atoms with Crippen LogP contribution in [0.3, 0.4) is 0 Å². The highest BCUT2D eigenvalue weighted by Gasteiger charge is 2.11. The van der Waals surface area contributed by atoms with Crippen LogP contribution in [0.2, 0.25) is 0 Å². The van der Waals surface area contributed by atoms with Crippen molar-refractivity contribution in [2.24, 2.45) is 4.99 Å². The summed E-state index contributed by atoms with van der Waals surface area (Å²) in [5.41, 5.74) is 5.62. The van der Waals surface area contributed by atoms with Crippen molar-refractivity contribution in [2.45, 2.75) is 47.2 Å². The van der Waals surface area contributed by atoms with E-state index in [9.17, 15) is 4.79 Å². The van der Waals surface area contributed by atoms with Crippen LogP contribution in [0, 0.1) is 20.8 Å². The summed E-state index contributed by atoms with van der Waals surface area (Å²) in [5, 5.41) is 10.7. The zero-order valence-electron chi connectivity index (χ0n) is 18.1. The van der Waals surface area contributed by atoms with E-state index in [1.165, 1.54) is 0 Å². The second kappa shape index (κ2) is 9.87. The molecule has 0 atom stereocenters. The smallest absolute Gasteiger partial charge is 0.257 e. The molecule has 1 heterocycles. The molecule has 1 amide bonds. The van der Waals surface area contributed by atoms with E-state index < -0.39 is 0 Å². The van der Waals surface area contributed by atoms with E-state index >= 15 is 0 Å². The van der Waals surface area contributed by atoms with Crippen molar-refractivity contribution in [1.29, 1.82) is 0 Å². The van der Waals surface area contributed by atoms with E-state index in [1.54, 1.807) is 6.07 Å². The second-order valence-electron chi connectivity index (χ2n) is 7.49. The van der Waals surface area contributed by atoms with Gasteiger partial charge in [0.15, 0.2) is 0 Å². The molecule has 30 heavy (non-hydrogen) atoms. The lowest BCUT2D eigenvalue weighted by Gasteiger charge is -2.12. The molecule has 3 rings (SSSR count). The van der Waals surface area contributed by atoms with Gasteiger partial charge in [0.1, 0.15) is 0 Å². The molecule has 2 N–H and O–H groups in total. The number of nitrogens with zero attached hydrogens (tertiary/aromatic N) is 3. The highest BCUT2D eigenvalue weighted by Crippen LogP contribution is 2.12. The van der Waals surface area contributed by atoms with E-state index in [4.69, 9.17) is 0 Å². The monoisotopic (exact) mass is 403 g/mol. The molecule has 0 saturated heterocycles. The van der Waals surface area contributed by atoms with Crippen molar-refractivity contribution >= 4 is 17.6 Å². The minimum Gasteiger partial charge on any atom is -0.326 e. The predicted octanol–water partition coefficient (Wildman–Crippen LogP) is 4.62. The highest BCUT2D eigenvalue weighted by molar-refractivity contribution is 6.10. The first-order valence-corrected chi connectivity index (χ1v) is 10.2. The van der Waals surface area contributed by atoms with Crippen LogP contribution in [-0.2, 0) is 13.1 Å². The Morgan fingerprint density at radius 1 is 1.07 bits per heavy atom. The summed E-state index contributed by atoms with van der Waals surface area (Å²) in [6.07, 6.45) is 3.05. The third-order valence-electron chi connectivity index (χ3n) is 4.70. The zero-order valence-corrected chi connectivity index (χ0v) is 18.1. The number of aryl methyl sites for hydroxylation is 4. The quantitative estimate of drug-likeness (QED) is 0.466. The van der Waals surface area contributed by atoms with E-state index in [1.807, 2.05) is 74.1 Å². The van der Waals surface area contributed by atoms with Gasteiger partial charge in [-0.2, -0.15) is 5.10 Å². The van der Waals surface area contributed by atoms with Crippen LogP contribution in [0.15, 0.2) is 59.7 Å². The Hall–Kier alpha value is -3.41. The number of aliphatic imine (C=N–C) groups is 1. The van der Waals surface area contributed by atoms with Crippen LogP contribution >= 0.6 is 0 Å². The topological polar surface area (TPSA) is 71.3 Å². The summed E-state index contributed by atoms with van der Waals surface area (Å²) in [6, 6.07) is 15.5. The number of amides is 1. The molecule has 0 aliphatic carbocycles. The highest BCUT2D eigenvalue weighted by atomic mass is 16.1. The molecule has 0 aliphatic heterocycles. The van der Waals surface area contributed by atoms with Crippen molar-refractivity contribution in [3.05, 3.63) is 82.7 Å². The first kappa shape index (κ1) is 21.3. The summed E-state index contributed by atoms with van der Waals surface area (Å²) in [4.78, 5) is 17.4. The molecule has 156 valence electrons. The molecule has 2 aromatic carbocycles. The Labute approximate surface area is 178 Å². The number of guanidine groups is 1. The van der Waals surface area contributed by atoms with E-state index in [-0.39, 0.29) is 5.91 Å². The second-order valence-corrected chi connectivity index (χ2v) is 7.49. The predicted molar refractivity (Wildman–Crippen MR) is 122 cm³/mol. The van der Waals surface area contributed by atoms with Gasteiger partial charge < -0.3 is 5.32 Å². The van der Waals surface area contributed by atoms with Crippen LogP contribution in [0.1, 0.15) is 46.1 Å². The van der Waals surface area contributed by atoms with Gasteiger partial charge in [-0.25, -0.2) is 4.99 Å². The number of hydrogen-bond acceptors (Lipinski definition) is 3. The van der Waals surface area contributed by atoms with Crippen LogP contribution in [0.4, 0.5) is 5.69 Å². The number of carbonyl (C=O) groups is 1. The van der Waals surface area contributed by atoms with Gasteiger partial charge in [0, 0.05) is 29.6 Å². The van der Waals surface area contributed by atoms with Crippen LogP contribution < -0.4 is 10.6 Å². The molecule has 6 nitrogen and oxygen atoms in total. The summed E-state index contributed by atoms with van der Waals surface area (Å²) in [6.45, 7) is 9.41. The number of nitrogens with one attached hydrogen (secondary N) is 2. The zero-order chi connectivity index (χ0) is 21.5. The number of anilines is 1. The van der Waals surface area contributed by atoms with Crippen molar-refractivity contribution in [2.75, 3.05) is 5.32 Å². The molecule has 0 spiro atoms. The molecular formula is C24H29N5O. The van der Waals surface area contributed by atoms with E-state index in [0.29, 0.717) is 18.1 Å². The maximum absolute atomic E-state index is 12.8. The molecule has 6 heteroatoms. The average Bonchev–Trinajstić information content (AvgIpc) is 3.05. The largest absolute Gasteiger partial charge is 0.326 e. The Bertz CT molecular complexity index is 1050. The van der Waals surface area contributed by atoms with Gasteiger partial charge in [-0.3, -0.25) is 14.8 Å². The molecule has 3 aromatic rings. The van der Waals surface area contributed by atoms with Crippen LogP contribution in [0.5, 0.6) is 0 Å². The lowest BCUT2D eigenvalue weighted by molar-refractivity contribution is 0.0977. The van der Waals surface area contributed by atoms with Gasteiger partial charge >= 0.3 is 0 Å². The van der Waals surface area contributed by atoms with E-state index in [2.05, 4.69) is 27.6 Å². The van der Waals surface area contributed by atoms with Gasteiger partial charge in [-0.1, -0.05) is 36.8 Å². The molecule has 0 bridgehead atoms. The number of aromatic nitrogens is 2. The Morgan fingerprint density at radius 3 is 2.50 bits per heavy atom. The number of rotatable bonds is 6. The summed E-state index contributed by atoms with van der Waals surface area (Å²) >= 11 is 0. The summed E-state index contributed by atoms with van der Waals surface area (Å²) < 4.78 is 1.94. The minimum absolute atomic E-state index is 0.198. The van der Waals surface area contributed by atoms with Crippen molar-refractivity contribution in [1.82, 2.24) is 15.1 Å². The Kier molecular flexibility index (Phi) is 7.01. The normalized spacial score (nSPS) is 11.4. The fraction of sp³-hybridized carbons (Fsp3) is 0.292. The van der Waals surface area contributed by atoms with Crippen molar-refractivity contribution in [3.8, 4) is 0 Å². The van der Waals surface area contributed by atoms with Crippen LogP contribution in [-0.4, -0.2) is 21.6 Å². The van der Waals surface area contributed by atoms with Gasteiger partial charge in [0.25, 0.3) is 5.91 Å². The molecule has 1 aromatic heterocycles. The maximum Gasteiger partial charge on any atom is 0.257 e. The lowest BCUT2D eigenvalue weighted by atomic mass is 10.1. The lowest BCUT2D eigenvalue weighted by Crippen LogP contribution is -2.36. The summed E-state index contributed by atoms with van der Waals surface area (Å²) in [5.74, 6) is 0.214. The Morgan fingerprint density at radius 2 is 1.80 bits per heavy atom. The molecule has 0 radical (unpaired) electrons. The molecule has 0 aliphatic rings. The summed E-state index contributed by atoms with van der Waals surface area (Å²) in [7, 11) is 0. The van der Waals surface area contributed by atoms with Gasteiger partial charge in [-0.05, 0) is 57.0 Å². The van der Waals surface area contributed by atoms with Gasteiger partial charge in [0.05, 0.1) is 12.2 Å². The third-order valence-corrected chi connectivity index (χ3v) is 4.70. The van der Waals surface area contributed by atoms with Crippen molar-refractivity contribution in [3.63, 3.8) is 0 Å². The number of carbonyl (C=O) groups excluding carboxylic acids is 1. The molecule has 0 fully saturated rings. The molecule has 0 saturated carbocycles. The standard InChI is InChI=1S/C24H29N5O/c1-5-12-29-16-21(19(4)28-29)15-25-24(26-22-11-7-9-18(3)14-22)27-23(30)20-10-6-8-17(2)13-20/h6-11,13-14,16H,5,12,15H2,1-4H3,(H2,25,26,27,30). The van der Waals surface area contributed by atoms with Gasteiger partial charge in [0.2, 0.25) is 5.96 Å². The maximum atomic E-state index is 12.8. The molecular weight excluding hydrogens is 374 g/mol. The fourth-order valence-electron chi connectivity index (χ4n) is 3.16. The van der Waals surface area contributed by atoms with Crippen LogP contribution in [0.25, 0.3) is 0 Å². The number of benzene rings is 2. The fourth-order valence-corrected chi connectivity index (χ4v) is 3.16. The SMILES string of the molecule is CCCn1cc(CN=C(NC(=O)c2cccc(C)c2)Nc2cccc(C)c2)c(C)n1. The molecule has 0 unspecified atom stereocenters. The first-order chi connectivity index (χ1) is 14.4. The van der Waals surface area contributed by atoms with Gasteiger partial charge in [-0.15, -0.1) is 0 Å². The number of hydrogen-bond donors (Lipinski definition) is 2. The van der Waals surface area contributed by atoms with Crippen molar-refractivity contribution < 1.29 is 4.79 Å². The third kappa shape index (κ3) is 5.80. The first-order valence-electron chi connectivity index (χ1n) is 10.2. The van der Waals surface area contributed by atoms with E-state index in [0.717, 1.165) is 41.0 Å². The minimum atomic E-state index is -0.198. The average molecular weight is 404 g/mol.